The minimum atomic E-state index is -0.413. The second-order valence-corrected chi connectivity index (χ2v) is 10.6. The topological polar surface area (TPSA) is 77.9 Å². The lowest BCUT2D eigenvalue weighted by molar-refractivity contribution is 0.0128. The predicted octanol–water partition coefficient (Wildman–Crippen LogP) is 5.76. The number of benzene rings is 1. The van der Waals surface area contributed by atoms with Crippen molar-refractivity contribution in [3.63, 3.8) is 0 Å². The molecule has 174 valence electrons. The first-order valence-electron chi connectivity index (χ1n) is 11.9. The van der Waals surface area contributed by atoms with Crippen LogP contribution in [0.15, 0.2) is 42.7 Å². The Labute approximate surface area is 194 Å². The molecule has 33 heavy (non-hydrogen) atoms. The van der Waals surface area contributed by atoms with Crippen LogP contribution >= 0.6 is 0 Å². The lowest BCUT2D eigenvalue weighted by atomic mass is 9.55. The van der Waals surface area contributed by atoms with Crippen molar-refractivity contribution in [2.24, 2.45) is 10.8 Å². The Morgan fingerprint density at radius 2 is 1.88 bits per heavy atom. The molecular weight excluding hydrogens is 417 g/mol. The minimum absolute atomic E-state index is 0.136. The number of rotatable bonds is 6. The molecule has 0 aliphatic heterocycles. The number of aromatic nitrogens is 4. The molecule has 2 saturated carbocycles. The average Bonchev–Trinajstić information content (AvgIpc) is 3.31. The van der Waals surface area contributed by atoms with Gasteiger partial charge in [0.1, 0.15) is 12.4 Å². The molecule has 3 aromatic rings. The Kier molecular flexibility index (Phi) is 5.59. The minimum Gasteiger partial charge on any atom is -0.507 e. The molecule has 0 unspecified atom stereocenters. The molecule has 2 aliphatic carbocycles. The summed E-state index contributed by atoms with van der Waals surface area (Å²) >= 11 is 0. The first-order valence-corrected chi connectivity index (χ1v) is 11.9. The van der Waals surface area contributed by atoms with Crippen LogP contribution < -0.4 is 4.90 Å². The average molecular weight is 450 g/mol. The number of H-pyrrole nitrogens is 1. The fourth-order valence-electron chi connectivity index (χ4n) is 6.46. The Balaban J connectivity index is 1.39. The molecule has 0 spiro atoms. The van der Waals surface area contributed by atoms with Gasteiger partial charge in [0.2, 0.25) is 0 Å². The smallest absolute Gasteiger partial charge is 0.151 e. The Bertz CT molecular complexity index is 1080. The van der Waals surface area contributed by atoms with E-state index in [1.807, 2.05) is 24.3 Å². The van der Waals surface area contributed by atoms with Crippen LogP contribution in [0.4, 0.5) is 10.2 Å². The van der Waals surface area contributed by atoms with E-state index in [1.54, 1.807) is 18.5 Å². The number of aromatic hydroxyl groups is 1. The highest BCUT2D eigenvalue weighted by Crippen LogP contribution is 2.56. The summed E-state index contributed by atoms with van der Waals surface area (Å²) in [6.45, 7) is 4.71. The van der Waals surface area contributed by atoms with Crippen molar-refractivity contribution in [3.8, 4) is 28.1 Å². The van der Waals surface area contributed by atoms with Crippen LogP contribution in [0, 0.1) is 10.8 Å². The van der Waals surface area contributed by atoms with Crippen LogP contribution in [0.1, 0.15) is 52.4 Å². The Hall–Kier alpha value is -2.96. The first kappa shape index (κ1) is 21.9. The van der Waals surface area contributed by atoms with Gasteiger partial charge in [-0.3, -0.25) is 5.10 Å². The van der Waals surface area contributed by atoms with E-state index < -0.39 is 6.67 Å². The van der Waals surface area contributed by atoms with Gasteiger partial charge in [0.25, 0.3) is 0 Å². The van der Waals surface area contributed by atoms with Crippen LogP contribution in [-0.2, 0) is 0 Å². The zero-order valence-corrected chi connectivity index (χ0v) is 19.4. The monoisotopic (exact) mass is 449 g/mol. The molecule has 0 amide bonds. The lowest BCUT2D eigenvalue weighted by Gasteiger charge is -2.54. The van der Waals surface area contributed by atoms with Gasteiger partial charge in [-0.1, -0.05) is 26.3 Å². The van der Waals surface area contributed by atoms with E-state index in [9.17, 15) is 9.50 Å². The summed E-state index contributed by atoms with van der Waals surface area (Å²) in [5.41, 5.74) is 3.62. The molecule has 0 saturated heterocycles. The second kappa shape index (κ2) is 8.43. The molecular formula is C26H32FN5O. The Morgan fingerprint density at radius 3 is 2.48 bits per heavy atom. The standard InChI is InChI=1S/C26H32FN5O/c1-25-8-3-9-26(2,17-25)14-20(13-25)32(11-10-27)24-7-6-22(30-31-24)21-5-4-18(12-23(21)33)19-15-28-29-16-19/h4-7,12,15-16,20,33H,3,8-11,13-14,17H2,1-2H3,(H,28,29)/t20-,25-,26+. The number of aromatic amines is 1. The maximum atomic E-state index is 13.6. The van der Waals surface area contributed by atoms with Gasteiger partial charge in [-0.25, -0.2) is 4.39 Å². The Morgan fingerprint density at radius 1 is 1.09 bits per heavy atom. The van der Waals surface area contributed by atoms with E-state index in [2.05, 4.69) is 39.1 Å². The molecule has 6 nitrogen and oxygen atoms in total. The van der Waals surface area contributed by atoms with E-state index in [4.69, 9.17) is 0 Å². The van der Waals surface area contributed by atoms with E-state index in [-0.39, 0.29) is 11.8 Å². The molecule has 2 heterocycles. The second-order valence-electron chi connectivity index (χ2n) is 10.6. The number of phenolic OH excluding ortho intramolecular Hbond substituents is 1. The molecule has 5 rings (SSSR count). The van der Waals surface area contributed by atoms with Gasteiger partial charge in [-0.15, -0.1) is 10.2 Å². The third-order valence-corrected chi connectivity index (χ3v) is 7.69. The molecule has 2 fully saturated rings. The number of nitrogens with zero attached hydrogens (tertiary/aromatic N) is 4. The molecule has 3 atom stereocenters. The number of hydrogen-bond acceptors (Lipinski definition) is 5. The number of anilines is 1. The third kappa shape index (κ3) is 4.33. The molecule has 2 aromatic heterocycles. The quantitative estimate of drug-likeness (QED) is 0.500. The van der Waals surface area contributed by atoms with Crippen molar-refractivity contribution < 1.29 is 9.50 Å². The van der Waals surface area contributed by atoms with Crippen molar-refractivity contribution in [2.45, 2.75) is 58.4 Å². The normalized spacial score (nSPS) is 26.8. The molecule has 2 aliphatic rings. The van der Waals surface area contributed by atoms with Crippen molar-refractivity contribution in [1.29, 1.82) is 0 Å². The number of alkyl halides is 1. The summed E-state index contributed by atoms with van der Waals surface area (Å²) in [5.74, 6) is 0.848. The lowest BCUT2D eigenvalue weighted by Crippen LogP contribution is -2.50. The highest BCUT2D eigenvalue weighted by Gasteiger charge is 2.47. The molecule has 7 heteroatoms. The van der Waals surface area contributed by atoms with Gasteiger partial charge in [0.15, 0.2) is 5.82 Å². The summed E-state index contributed by atoms with van der Waals surface area (Å²) in [4.78, 5) is 2.12. The van der Waals surface area contributed by atoms with Crippen molar-refractivity contribution in [2.75, 3.05) is 18.1 Å². The summed E-state index contributed by atoms with van der Waals surface area (Å²) < 4.78 is 13.6. The summed E-state index contributed by atoms with van der Waals surface area (Å²) in [6.07, 6.45) is 10.7. The zero-order chi connectivity index (χ0) is 23.1. The predicted molar refractivity (Wildman–Crippen MR) is 128 cm³/mol. The summed E-state index contributed by atoms with van der Waals surface area (Å²) in [7, 11) is 0. The van der Waals surface area contributed by atoms with Crippen LogP contribution in [0.2, 0.25) is 0 Å². The van der Waals surface area contributed by atoms with Gasteiger partial charge < -0.3 is 10.0 Å². The number of nitrogens with one attached hydrogen (secondary N) is 1. The highest BCUT2D eigenvalue weighted by molar-refractivity contribution is 5.73. The number of hydrogen-bond donors (Lipinski definition) is 2. The van der Waals surface area contributed by atoms with E-state index >= 15 is 0 Å². The van der Waals surface area contributed by atoms with E-state index in [0.29, 0.717) is 34.4 Å². The van der Waals surface area contributed by atoms with Gasteiger partial charge in [0.05, 0.1) is 11.9 Å². The SMILES string of the molecule is C[C@]12CCC[C@](C)(C[C@@H](N(CCF)c3ccc(-c4ccc(-c5cn[nH]c5)cc4O)nn3)C1)C2. The molecule has 0 radical (unpaired) electrons. The zero-order valence-electron chi connectivity index (χ0n) is 19.4. The number of phenols is 1. The number of halogens is 1. The highest BCUT2D eigenvalue weighted by atomic mass is 19.1. The van der Waals surface area contributed by atoms with Crippen molar-refractivity contribution in [1.82, 2.24) is 20.4 Å². The van der Waals surface area contributed by atoms with Crippen molar-refractivity contribution >= 4 is 5.82 Å². The third-order valence-electron chi connectivity index (χ3n) is 7.69. The van der Waals surface area contributed by atoms with Gasteiger partial charge in [0, 0.05) is 29.9 Å². The van der Waals surface area contributed by atoms with Crippen LogP contribution in [0.3, 0.4) is 0 Å². The van der Waals surface area contributed by atoms with E-state index in [1.165, 1.54) is 25.7 Å². The number of fused-ring (bicyclic) bond motifs is 2. The largest absolute Gasteiger partial charge is 0.507 e. The van der Waals surface area contributed by atoms with Gasteiger partial charge in [-0.2, -0.15) is 5.10 Å². The fraction of sp³-hybridized carbons (Fsp3) is 0.500. The van der Waals surface area contributed by atoms with Crippen LogP contribution in [-0.4, -0.2) is 44.8 Å². The maximum absolute atomic E-state index is 13.6. The van der Waals surface area contributed by atoms with Crippen LogP contribution in [0.5, 0.6) is 5.75 Å². The fourth-order valence-corrected chi connectivity index (χ4v) is 6.46. The van der Waals surface area contributed by atoms with Crippen LogP contribution in [0.25, 0.3) is 22.4 Å². The molecule has 2 N–H and O–H groups in total. The summed E-state index contributed by atoms with van der Waals surface area (Å²) in [6, 6.07) is 9.52. The van der Waals surface area contributed by atoms with Gasteiger partial charge in [-0.05, 0) is 72.8 Å². The summed E-state index contributed by atoms with van der Waals surface area (Å²) in [5, 5.41) is 26.2. The van der Waals surface area contributed by atoms with E-state index in [0.717, 1.165) is 24.0 Å². The molecule has 1 aromatic carbocycles. The first-order chi connectivity index (χ1) is 15.9. The molecule has 2 bridgehead atoms. The van der Waals surface area contributed by atoms with Crippen molar-refractivity contribution in [3.05, 3.63) is 42.7 Å². The maximum Gasteiger partial charge on any atom is 0.151 e. The van der Waals surface area contributed by atoms with Gasteiger partial charge >= 0.3 is 0 Å².